The number of carbonyl (C=O) groups excluding carboxylic acids is 1. The second-order valence-corrected chi connectivity index (χ2v) is 6.27. The summed E-state index contributed by atoms with van der Waals surface area (Å²) in [7, 11) is 0. The average molecular weight is 330 g/mol. The van der Waals surface area contributed by atoms with Gasteiger partial charge in [-0.1, -0.05) is 38.5 Å². The van der Waals surface area contributed by atoms with E-state index < -0.39 is 0 Å². The molecule has 0 bridgehead atoms. The van der Waals surface area contributed by atoms with Gasteiger partial charge in [-0.2, -0.15) is 4.68 Å². The predicted molar refractivity (Wildman–Crippen MR) is 92.8 cm³/mol. The first kappa shape index (κ1) is 17.9. The average Bonchev–Trinajstić information content (AvgIpc) is 3.04. The molecule has 7 heteroatoms. The van der Waals surface area contributed by atoms with Crippen LogP contribution >= 0.6 is 0 Å². The van der Waals surface area contributed by atoms with E-state index in [1.54, 1.807) is 4.68 Å². The Morgan fingerprint density at radius 3 is 2.54 bits per heavy atom. The Morgan fingerprint density at radius 2 is 1.88 bits per heavy atom. The van der Waals surface area contributed by atoms with E-state index in [0.717, 1.165) is 18.5 Å². The number of urea groups is 1. The first-order chi connectivity index (χ1) is 11.5. The van der Waals surface area contributed by atoms with Gasteiger partial charge in [0.15, 0.2) is 5.82 Å². The van der Waals surface area contributed by atoms with Gasteiger partial charge in [-0.15, -0.1) is 5.10 Å². The van der Waals surface area contributed by atoms with Crippen molar-refractivity contribution in [3.63, 3.8) is 0 Å². The van der Waals surface area contributed by atoms with E-state index in [0.29, 0.717) is 11.7 Å². The second kappa shape index (κ2) is 8.42. The molecule has 2 amide bonds. The topological polar surface area (TPSA) is 84.7 Å². The molecule has 0 saturated carbocycles. The molecule has 0 fully saturated rings. The van der Waals surface area contributed by atoms with Crippen LogP contribution in [0.5, 0.6) is 0 Å². The molecule has 130 valence electrons. The molecule has 0 saturated heterocycles. The van der Waals surface area contributed by atoms with Crippen molar-refractivity contribution in [2.75, 3.05) is 0 Å². The highest BCUT2D eigenvalue weighted by Crippen LogP contribution is 2.14. The van der Waals surface area contributed by atoms with E-state index in [4.69, 9.17) is 0 Å². The van der Waals surface area contributed by atoms with Gasteiger partial charge in [0.2, 0.25) is 0 Å². The lowest BCUT2D eigenvalue weighted by Crippen LogP contribution is -2.42. The monoisotopic (exact) mass is 330 g/mol. The molecule has 24 heavy (non-hydrogen) atoms. The second-order valence-electron chi connectivity index (χ2n) is 6.27. The Bertz CT molecular complexity index is 642. The molecule has 1 aromatic carbocycles. The minimum absolute atomic E-state index is 0.122. The Morgan fingerprint density at radius 1 is 1.17 bits per heavy atom. The fourth-order valence-corrected chi connectivity index (χ4v) is 2.57. The Labute approximate surface area is 142 Å². The highest BCUT2D eigenvalue weighted by atomic mass is 16.2. The largest absolute Gasteiger partial charge is 0.336 e. The van der Waals surface area contributed by atoms with Crippen molar-refractivity contribution in [2.45, 2.75) is 52.6 Å². The molecular formula is C17H26N6O. The number of hydrogen-bond donors (Lipinski definition) is 2. The van der Waals surface area contributed by atoms with Crippen LogP contribution in [0.1, 0.15) is 52.4 Å². The summed E-state index contributed by atoms with van der Waals surface area (Å²) < 4.78 is 1.63. The summed E-state index contributed by atoms with van der Waals surface area (Å²) in [5.41, 5.74) is 0.858. The number of hydrogen-bond acceptors (Lipinski definition) is 4. The smallest absolute Gasteiger partial charge is 0.315 e. The van der Waals surface area contributed by atoms with Crippen molar-refractivity contribution in [1.82, 2.24) is 30.8 Å². The lowest BCUT2D eigenvalue weighted by molar-refractivity contribution is 0.232. The van der Waals surface area contributed by atoms with Gasteiger partial charge in [0.25, 0.3) is 0 Å². The molecule has 2 aromatic rings. The van der Waals surface area contributed by atoms with Crippen LogP contribution in [0.3, 0.4) is 0 Å². The molecule has 1 heterocycles. The lowest BCUT2D eigenvalue weighted by Gasteiger charge is -2.20. The zero-order chi connectivity index (χ0) is 17.5. The van der Waals surface area contributed by atoms with Crippen molar-refractivity contribution < 1.29 is 4.79 Å². The number of nitrogens with zero attached hydrogens (tertiary/aromatic N) is 4. The molecule has 0 unspecified atom stereocenters. The number of carbonyl (C=O) groups is 1. The summed E-state index contributed by atoms with van der Waals surface area (Å²) in [5, 5.41) is 17.7. The molecule has 2 rings (SSSR count). The predicted octanol–water partition coefficient (Wildman–Crippen LogP) is 2.85. The van der Waals surface area contributed by atoms with Crippen LogP contribution in [0, 0.1) is 5.92 Å². The molecule has 0 spiro atoms. The molecule has 0 aliphatic heterocycles. The first-order valence-corrected chi connectivity index (χ1v) is 8.42. The fraction of sp³-hybridized carbons (Fsp3) is 0.529. The summed E-state index contributed by atoms with van der Waals surface area (Å²) in [4.78, 5) is 12.2. The minimum Gasteiger partial charge on any atom is -0.336 e. The lowest BCUT2D eigenvalue weighted by atomic mass is 10.0. The summed E-state index contributed by atoms with van der Waals surface area (Å²) in [6.07, 6.45) is 2.07. The van der Waals surface area contributed by atoms with Gasteiger partial charge < -0.3 is 10.6 Å². The summed E-state index contributed by atoms with van der Waals surface area (Å²) in [6.45, 7) is 8.23. The van der Waals surface area contributed by atoms with Gasteiger partial charge in [-0.05, 0) is 48.7 Å². The van der Waals surface area contributed by atoms with E-state index in [1.165, 1.54) is 0 Å². The number of tetrazole rings is 1. The van der Waals surface area contributed by atoms with Crippen LogP contribution in [0.2, 0.25) is 0 Å². The van der Waals surface area contributed by atoms with E-state index >= 15 is 0 Å². The summed E-state index contributed by atoms with van der Waals surface area (Å²) in [6, 6.07) is 9.21. The Balaban J connectivity index is 1.97. The van der Waals surface area contributed by atoms with Gasteiger partial charge in [0.1, 0.15) is 0 Å². The molecule has 0 aliphatic rings. The van der Waals surface area contributed by atoms with Crippen molar-refractivity contribution >= 4 is 6.03 Å². The maximum absolute atomic E-state index is 12.2. The molecule has 2 N–H and O–H groups in total. The van der Waals surface area contributed by atoms with Crippen LogP contribution in [0.4, 0.5) is 4.79 Å². The zero-order valence-electron chi connectivity index (χ0n) is 14.7. The molecule has 1 aromatic heterocycles. The number of rotatable bonds is 7. The first-order valence-electron chi connectivity index (χ1n) is 8.42. The van der Waals surface area contributed by atoms with Crippen LogP contribution < -0.4 is 10.6 Å². The molecular weight excluding hydrogens is 304 g/mol. The van der Waals surface area contributed by atoms with Crippen LogP contribution in [0.15, 0.2) is 30.3 Å². The minimum atomic E-state index is -0.309. The van der Waals surface area contributed by atoms with E-state index in [2.05, 4.69) is 40.0 Å². The number of aromatic nitrogens is 4. The van der Waals surface area contributed by atoms with Gasteiger partial charge in [0.05, 0.1) is 11.7 Å². The van der Waals surface area contributed by atoms with E-state index in [1.807, 2.05) is 44.2 Å². The van der Waals surface area contributed by atoms with E-state index in [9.17, 15) is 4.79 Å². The van der Waals surface area contributed by atoms with Crippen LogP contribution in [-0.4, -0.2) is 32.3 Å². The number of amides is 2. The summed E-state index contributed by atoms with van der Waals surface area (Å²) >= 11 is 0. The molecule has 7 nitrogen and oxygen atoms in total. The SMILES string of the molecule is CC[C@H](C)C[C@H](C)NC(=O)N[C@H](C)c1nnnn1-c1ccccc1. The quantitative estimate of drug-likeness (QED) is 0.817. The Kier molecular flexibility index (Phi) is 6.28. The number of para-hydroxylation sites is 1. The van der Waals surface area contributed by atoms with Gasteiger partial charge >= 0.3 is 6.03 Å². The molecule has 3 atom stereocenters. The summed E-state index contributed by atoms with van der Waals surface area (Å²) in [5.74, 6) is 1.18. The maximum Gasteiger partial charge on any atom is 0.315 e. The fourth-order valence-electron chi connectivity index (χ4n) is 2.57. The normalized spacial score (nSPS) is 14.7. The third kappa shape index (κ3) is 4.78. The van der Waals surface area contributed by atoms with Crippen molar-refractivity contribution in [2.24, 2.45) is 5.92 Å². The standard InChI is InChI=1S/C17H26N6O/c1-5-12(2)11-13(3)18-17(24)19-14(4)16-20-21-22-23(16)15-9-7-6-8-10-15/h6-10,12-14H,5,11H2,1-4H3,(H2,18,19,24)/t12-,13-,14+/m0/s1. The van der Waals surface area contributed by atoms with Crippen LogP contribution in [-0.2, 0) is 0 Å². The molecule has 0 aliphatic carbocycles. The highest BCUT2D eigenvalue weighted by Gasteiger charge is 2.19. The van der Waals surface area contributed by atoms with Gasteiger partial charge in [-0.25, -0.2) is 4.79 Å². The zero-order valence-corrected chi connectivity index (χ0v) is 14.7. The van der Waals surface area contributed by atoms with Gasteiger partial charge in [0, 0.05) is 6.04 Å². The van der Waals surface area contributed by atoms with Crippen molar-refractivity contribution in [3.8, 4) is 5.69 Å². The van der Waals surface area contributed by atoms with E-state index in [-0.39, 0.29) is 18.1 Å². The Hall–Kier alpha value is -2.44. The van der Waals surface area contributed by atoms with Gasteiger partial charge in [-0.3, -0.25) is 0 Å². The third-order valence-corrected chi connectivity index (χ3v) is 4.06. The van der Waals surface area contributed by atoms with Crippen molar-refractivity contribution in [3.05, 3.63) is 36.2 Å². The highest BCUT2D eigenvalue weighted by molar-refractivity contribution is 5.74. The third-order valence-electron chi connectivity index (χ3n) is 4.06. The maximum atomic E-state index is 12.2. The number of nitrogens with one attached hydrogen (secondary N) is 2. The van der Waals surface area contributed by atoms with Crippen LogP contribution in [0.25, 0.3) is 5.69 Å². The number of benzene rings is 1. The molecule has 0 radical (unpaired) electrons. The van der Waals surface area contributed by atoms with Crippen molar-refractivity contribution in [1.29, 1.82) is 0 Å².